The van der Waals surface area contributed by atoms with Gasteiger partial charge in [-0.3, -0.25) is 4.40 Å². The molecule has 0 aliphatic carbocycles. The van der Waals surface area contributed by atoms with Crippen LogP contribution in [0.2, 0.25) is 5.15 Å². The number of thiazole rings is 1. The summed E-state index contributed by atoms with van der Waals surface area (Å²) < 4.78 is 6.75. The van der Waals surface area contributed by atoms with Crippen LogP contribution in [0.4, 0.5) is 0 Å². The van der Waals surface area contributed by atoms with E-state index < -0.39 is 0 Å². The summed E-state index contributed by atoms with van der Waals surface area (Å²) >= 11 is 7.50. The third-order valence-corrected chi connectivity index (χ3v) is 3.24. The van der Waals surface area contributed by atoms with Crippen LogP contribution >= 0.6 is 22.9 Å². The predicted octanol–water partition coefficient (Wildman–Crippen LogP) is 3.02. The maximum Gasteiger partial charge on any atom is 0.333 e. The number of esters is 1. The molecule has 0 saturated heterocycles. The fraction of sp³-hybridized carbons (Fsp3) is 0.273. The van der Waals surface area contributed by atoms with Gasteiger partial charge in [0, 0.05) is 17.2 Å². The molecule has 90 valence electrons. The van der Waals surface area contributed by atoms with Crippen LogP contribution in [0, 0.1) is 0 Å². The van der Waals surface area contributed by atoms with Crippen molar-refractivity contribution in [3.63, 3.8) is 0 Å². The fourth-order valence-corrected chi connectivity index (χ4v) is 2.41. The quantitative estimate of drug-likeness (QED) is 0.636. The van der Waals surface area contributed by atoms with Crippen molar-refractivity contribution in [2.45, 2.75) is 13.8 Å². The Morgan fingerprint density at radius 3 is 3.18 bits per heavy atom. The molecular formula is C11H11ClN2O2S. The van der Waals surface area contributed by atoms with E-state index >= 15 is 0 Å². The lowest BCUT2D eigenvalue weighted by molar-refractivity contribution is -0.138. The smallest absolute Gasteiger partial charge is 0.333 e. The van der Waals surface area contributed by atoms with Gasteiger partial charge in [0.05, 0.1) is 12.3 Å². The van der Waals surface area contributed by atoms with E-state index in [2.05, 4.69) is 4.98 Å². The predicted molar refractivity (Wildman–Crippen MR) is 68.4 cm³/mol. The van der Waals surface area contributed by atoms with Crippen LogP contribution in [0.1, 0.15) is 19.5 Å². The van der Waals surface area contributed by atoms with Gasteiger partial charge >= 0.3 is 5.97 Å². The third kappa shape index (κ3) is 2.35. The maximum absolute atomic E-state index is 11.5. The zero-order valence-electron chi connectivity index (χ0n) is 9.44. The SMILES string of the molecule is CCOC(=O)/C(C)=C/c1c(Cl)nc2sccn12. The first-order valence-corrected chi connectivity index (χ1v) is 6.35. The molecule has 2 aromatic heterocycles. The monoisotopic (exact) mass is 270 g/mol. The first kappa shape index (κ1) is 12.1. The number of hydrogen-bond donors (Lipinski definition) is 0. The van der Waals surface area contributed by atoms with Gasteiger partial charge in [-0.2, -0.15) is 0 Å². The van der Waals surface area contributed by atoms with Crippen LogP contribution in [0.3, 0.4) is 0 Å². The molecule has 0 fully saturated rings. The largest absolute Gasteiger partial charge is 0.463 e. The maximum atomic E-state index is 11.5. The van der Waals surface area contributed by atoms with Crippen LogP contribution in [0.15, 0.2) is 17.2 Å². The molecule has 0 aromatic carbocycles. The van der Waals surface area contributed by atoms with Gasteiger partial charge in [0.25, 0.3) is 0 Å². The number of carbonyl (C=O) groups excluding carboxylic acids is 1. The Morgan fingerprint density at radius 2 is 2.47 bits per heavy atom. The number of fused-ring (bicyclic) bond motifs is 1. The van der Waals surface area contributed by atoms with E-state index in [1.807, 2.05) is 16.0 Å². The van der Waals surface area contributed by atoms with Crippen molar-refractivity contribution in [1.82, 2.24) is 9.38 Å². The molecule has 0 radical (unpaired) electrons. The van der Waals surface area contributed by atoms with Crippen LogP contribution in [-0.2, 0) is 9.53 Å². The minimum absolute atomic E-state index is 0.339. The highest BCUT2D eigenvalue weighted by molar-refractivity contribution is 7.15. The van der Waals surface area contributed by atoms with E-state index in [-0.39, 0.29) is 5.97 Å². The first-order chi connectivity index (χ1) is 8.13. The van der Waals surface area contributed by atoms with E-state index in [1.165, 1.54) is 11.3 Å². The van der Waals surface area contributed by atoms with Gasteiger partial charge < -0.3 is 4.74 Å². The molecule has 0 bridgehead atoms. The van der Waals surface area contributed by atoms with Crippen LogP contribution in [-0.4, -0.2) is 22.0 Å². The standard InChI is InChI=1S/C11H11ClN2O2S/c1-3-16-10(15)7(2)6-8-9(12)13-11-14(8)4-5-17-11/h4-6H,3H2,1-2H3/b7-6+. The molecular weight excluding hydrogens is 260 g/mol. The Morgan fingerprint density at radius 1 is 1.71 bits per heavy atom. The minimum Gasteiger partial charge on any atom is -0.463 e. The van der Waals surface area contributed by atoms with Gasteiger partial charge in [0.1, 0.15) is 0 Å². The second-order valence-corrected chi connectivity index (χ2v) is 4.62. The molecule has 0 atom stereocenters. The van der Waals surface area contributed by atoms with Crippen molar-refractivity contribution in [2.75, 3.05) is 6.61 Å². The lowest BCUT2D eigenvalue weighted by Crippen LogP contribution is -2.05. The Kier molecular flexibility index (Phi) is 3.49. The van der Waals surface area contributed by atoms with Crippen molar-refractivity contribution in [3.05, 3.63) is 28.0 Å². The summed E-state index contributed by atoms with van der Waals surface area (Å²) in [6.07, 6.45) is 3.55. The molecule has 17 heavy (non-hydrogen) atoms. The van der Waals surface area contributed by atoms with Gasteiger partial charge in [-0.1, -0.05) is 11.6 Å². The Bertz CT molecular complexity index is 585. The van der Waals surface area contributed by atoms with E-state index in [0.29, 0.717) is 23.0 Å². The summed E-state index contributed by atoms with van der Waals surface area (Å²) in [4.78, 5) is 16.5. The number of halogens is 1. The van der Waals surface area contributed by atoms with Crippen LogP contribution in [0.5, 0.6) is 0 Å². The molecule has 2 aromatic rings. The summed E-state index contributed by atoms with van der Waals surface area (Å²) in [6.45, 7) is 3.83. The van der Waals surface area contributed by atoms with Crippen molar-refractivity contribution < 1.29 is 9.53 Å². The highest BCUT2D eigenvalue weighted by Crippen LogP contribution is 2.23. The number of nitrogens with zero attached hydrogens (tertiary/aromatic N) is 2. The van der Waals surface area contributed by atoms with Crippen molar-refractivity contribution in [2.24, 2.45) is 0 Å². The number of imidazole rings is 1. The van der Waals surface area contributed by atoms with E-state index in [4.69, 9.17) is 16.3 Å². The van der Waals surface area contributed by atoms with Crippen molar-refractivity contribution in [1.29, 1.82) is 0 Å². The molecule has 0 unspecified atom stereocenters. The number of aromatic nitrogens is 2. The number of hydrogen-bond acceptors (Lipinski definition) is 4. The lowest BCUT2D eigenvalue weighted by atomic mass is 10.2. The lowest BCUT2D eigenvalue weighted by Gasteiger charge is -2.01. The molecule has 0 saturated carbocycles. The summed E-state index contributed by atoms with van der Waals surface area (Å²) in [6, 6.07) is 0. The average Bonchev–Trinajstić information content (AvgIpc) is 2.82. The Hall–Kier alpha value is -1.33. The normalized spacial score (nSPS) is 12.1. The summed E-state index contributed by atoms with van der Waals surface area (Å²) in [5.74, 6) is -0.339. The number of carbonyl (C=O) groups is 1. The second kappa shape index (κ2) is 4.89. The zero-order valence-corrected chi connectivity index (χ0v) is 11.0. The highest BCUT2D eigenvalue weighted by atomic mass is 35.5. The van der Waals surface area contributed by atoms with E-state index in [1.54, 1.807) is 19.9 Å². The summed E-state index contributed by atoms with van der Waals surface area (Å²) in [5, 5.41) is 2.30. The topological polar surface area (TPSA) is 43.6 Å². The number of rotatable bonds is 3. The van der Waals surface area contributed by atoms with E-state index in [9.17, 15) is 4.79 Å². The van der Waals surface area contributed by atoms with Crippen LogP contribution < -0.4 is 0 Å². The van der Waals surface area contributed by atoms with Crippen molar-refractivity contribution in [3.8, 4) is 0 Å². The summed E-state index contributed by atoms with van der Waals surface area (Å²) in [5.41, 5.74) is 1.20. The second-order valence-electron chi connectivity index (χ2n) is 3.39. The molecule has 6 heteroatoms. The van der Waals surface area contributed by atoms with Crippen LogP contribution in [0.25, 0.3) is 11.0 Å². The molecule has 2 rings (SSSR count). The molecule has 0 amide bonds. The van der Waals surface area contributed by atoms with Gasteiger partial charge in [0.15, 0.2) is 10.1 Å². The first-order valence-electron chi connectivity index (χ1n) is 5.10. The molecule has 0 aliphatic heterocycles. The van der Waals surface area contributed by atoms with E-state index in [0.717, 1.165) is 4.96 Å². The zero-order chi connectivity index (χ0) is 12.4. The molecule has 2 heterocycles. The molecule has 4 nitrogen and oxygen atoms in total. The Balaban J connectivity index is 2.39. The van der Waals surface area contributed by atoms with Gasteiger partial charge in [-0.15, -0.1) is 11.3 Å². The van der Waals surface area contributed by atoms with Gasteiger partial charge in [-0.25, -0.2) is 9.78 Å². The minimum atomic E-state index is -0.339. The van der Waals surface area contributed by atoms with Gasteiger partial charge in [-0.05, 0) is 19.9 Å². The summed E-state index contributed by atoms with van der Waals surface area (Å²) in [7, 11) is 0. The molecule has 0 spiro atoms. The third-order valence-electron chi connectivity index (χ3n) is 2.20. The van der Waals surface area contributed by atoms with Crippen molar-refractivity contribution >= 4 is 39.9 Å². The fourth-order valence-electron chi connectivity index (χ4n) is 1.41. The average molecular weight is 271 g/mol. The number of ether oxygens (including phenoxy) is 1. The van der Waals surface area contributed by atoms with Gasteiger partial charge in [0.2, 0.25) is 0 Å². The Labute approximate surface area is 107 Å². The molecule has 0 N–H and O–H groups in total. The highest BCUT2D eigenvalue weighted by Gasteiger charge is 2.12. The molecule has 0 aliphatic rings.